The van der Waals surface area contributed by atoms with Crippen LogP contribution in [0.2, 0.25) is 10.0 Å². The number of Topliss-reactive ketones (excluding diaryl/α,β-unsaturated/α-hetero) is 1. The molecule has 0 radical (unpaired) electrons. The number of amides is 1. The molecule has 2 N–H and O–H groups in total. The molecule has 142 valence electrons. The van der Waals surface area contributed by atoms with E-state index in [1.54, 1.807) is 24.3 Å². The lowest BCUT2D eigenvalue weighted by molar-refractivity contribution is -0.133. The van der Waals surface area contributed by atoms with Gasteiger partial charge >= 0.3 is 0 Å². The molecule has 1 unspecified atom stereocenters. The lowest BCUT2D eigenvalue weighted by Crippen LogP contribution is -2.36. The van der Waals surface area contributed by atoms with Crippen molar-refractivity contribution in [2.24, 2.45) is 0 Å². The third kappa shape index (κ3) is 3.86. The Hall–Kier alpha value is -2.34. The summed E-state index contributed by atoms with van der Waals surface area (Å²) in [5, 5.41) is 13.9. The van der Waals surface area contributed by atoms with Crippen molar-refractivity contribution < 1.29 is 14.7 Å². The first-order chi connectivity index (χ1) is 12.7. The van der Waals surface area contributed by atoms with Crippen molar-refractivity contribution in [3.63, 3.8) is 0 Å². The molecular weight excluding hydrogens is 387 g/mol. The van der Waals surface area contributed by atoms with Gasteiger partial charge in [-0.2, -0.15) is 0 Å². The molecule has 1 atom stereocenters. The zero-order valence-corrected chi connectivity index (χ0v) is 16.6. The molecule has 1 aliphatic heterocycles. The highest BCUT2D eigenvalue weighted by molar-refractivity contribution is 6.38. The van der Waals surface area contributed by atoms with Gasteiger partial charge < -0.3 is 15.3 Å². The number of carbonyl (C=O) groups excluding carboxylic acids is 2. The van der Waals surface area contributed by atoms with Crippen LogP contribution in [0.5, 0.6) is 0 Å². The van der Waals surface area contributed by atoms with E-state index in [1.165, 1.54) is 12.1 Å². The Labute approximate surface area is 168 Å². The molecule has 7 heteroatoms. The van der Waals surface area contributed by atoms with Crippen LogP contribution < -0.4 is 10.2 Å². The predicted octanol–water partition coefficient (Wildman–Crippen LogP) is 4.27. The average molecular weight is 407 g/mol. The fraction of sp³-hybridized carbons (Fsp3) is 0.200. The standard InChI is InChI=1S/C18H16Cl2N2O3.C2H4/c1-22(2)11-5-3-10(4-6-11)14(23)9-18(25)15-12(19)7-8-13(20)16(15)21-17(18)24;1-2/h3-8,25H,9H2,1-2H3,(H,21,24);1-2H2. The molecule has 2 aromatic rings. The maximum Gasteiger partial charge on any atom is 0.261 e. The zero-order valence-electron chi connectivity index (χ0n) is 15.1. The van der Waals surface area contributed by atoms with E-state index in [2.05, 4.69) is 18.5 Å². The van der Waals surface area contributed by atoms with Gasteiger partial charge in [0.15, 0.2) is 11.4 Å². The second-order valence-electron chi connectivity index (χ2n) is 6.13. The van der Waals surface area contributed by atoms with Gasteiger partial charge in [-0.25, -0.2) is 0 Å². The molecular formula is C20H20Cl2N2O3. The Kier molecular flexibility index (Phi) is 6.31. The molecule has 1 amide bonds. The summed E-state index contributed by atoms with van der Waals surface area (Å²) in [5.41, 5.74) is -0.316. The highest BCUT2D eigenvalue weighted by atomic mass is 35.5. The number of rotatable bonds is 4. The Morgan fingerprint density at radius 3 is 2.22 bits per heavy atom. The summed E-state index contributed by atoms with van der Waals surface area (Å²) >= 11 is 12.2. The quantitative estimate of drug-likeness (QED) is 0.587. The summed E-state index contributed by atoms with van der Waals surface area (Å²) in [6.45, 7) is 6.00. The molecule has 1 aliphatic rings. The normalized spacial score (nSPS) is 17.4. The summed E-state index contributed by atoms with van der Waals surface area (Å²) in [7, 11) is 3.79. The van der Waals surface area contributed by atoms with Gasteiger partial charge in [0.25, 0.3) is 5.91 Å². The number of ketones is 1. The van der Waals surface area contributed by atoms with Crippen molar-refractivity contribution in [1.29, 1.82) is 0 Å². The highest BCUT2D eigenvalue weighted by Crippen LogP contribution is 2.46. The number of hydrogen-bond acceptors (Lipinski definition) is 4. The number of nitrogens with one attached hydrogen (secondary N) is 1. The van der Waals surface area contributed by atoms with E-state index in [-0.39, 0.29) is 27.1 Å². The SMILES string of the molecule is C=C.CN(C)c1ccc(C(=O)CC2(O)C(=O)Nc3c(Cl)ccc(Cl)c32)cc1. The van der Waals surface area contributed by atoms with E-state index in [0.29, 0.717) is 5.56 Å². The predicted molar refractivity (Wildman–Crippen MR) is 110 cm³/mol. The maximum absolute atomic E-state index is 12.6. The van der Waals surface area contributed by atoms with E-state index >= 15 is 0 Å². The number of anilines is 2. The van der Waals surface area contributed by atoms with Crippen molar-refractivity contribution in [3.05, 3.63) is 70.7 Å². The van der Waals surface area contributed by atoms with E-state index in [4.69, 9.17) is 23.2 Å². The molecule has 0 aromatic heterocycles. The summed E-state index contributed by atoms with van der Waals surface area (Å²) in [5.74, 6) is -1.08. The van der Waals surface area contributed by atoms with Gasteiger partial charge in [0.1, 0.15) is 0 Å². The molecule has 2 aromatic carbocycles. The van der Waals surface area contributed by atoms with Gasteiger partial charge in [-0.3, -0.25) is 9.59 Å². The first-order valence-corrected chi connectivity index (χ1v) is 8.82. The van der Waals surface area contributed by atoms with Gasteiger partial charge in [-0.1, -0.05) is 23.2 Å². The van der Waals surface area contributed by atoms with Gasteiger partial charge in [0, 0.05) is 35.9 Å². The molecule has 0 saturated heterocycles. The zero-order chi connectivity index (χ0) is 20.4. The lowest BCUT2D eigenvalue weighted by atomic mass is 9.88. The van der Waals surface area contributed by atoms with E-state index in [1.807, 2.05) is 19.0 Å². The molecule has 1 heterocycles. The fourth-order valence-electron chi connectivity index (χ4n) is 2.86. The number of halogens is 2. The monoisotopic (exact) mass is 406 g/mol. The largest absolute Gasteiger partial charge is 0.378 e. The molecule has 0 fully saturated rings. The first-order valence-electron chi connectivity index (χ1n) is 8.07. The Morgan fingerprint density at radius 1 is 1.11 bits per heavy atom. The van der Waals surface area contributed by atoms with Crippen LogP contribution in [0.4, 0.5) is 11.4 Å². The van der Waals surface area contributed by atoms with Crippen molar-refractivity contribution in [1.82, 2.24) is 0 Å². The number of nitrogens with zero attached hydrogens (tertiary/aromatic N) is 1. The minimum atomic E-state index is -2.05. The molecule has 5 nitrogen and oxygen atoms in total. The maximum atomic E-state index is 12.6. The van der Waals surface area contributed by atoms with Crippen LogP contribution in [0.25, 0.3) is 0 Å². The molecule has 0 saturated carbocycles. The smallest absolute Gasteiger partial charge is 0.261 e. The van der Waals surface area contributed by atoms with Gasteiger partial charge in [0.2, 0.25) is 0 Å². The van der Waals surface area contributed by atoms with Gasteiger partial charge in [-0.15, -0.1) is 13.2 Å². The lowest BCUT2D eigenvalue weighted by Gasteiger charge is -2.21. The minimum absolute atomic E-state index is 0.143. The third-order valence-electron chi connectivity index (χ3n) is 4.25. The van der Waals surface area contributed by atoms with Crippen LogP contribution in [-0.4, -0.2) is 30.9 Å². The van der Waals surface area contributed by atoms with Crippen molar-refractivity contribution in [3.8, 4) is 0 Å². The third-order valence-corrected chi connectivity index (χ3v) is 4.88. The van der Waals surface area contributed by atoms with Crippen molar-refractivity contribution >= 4 is 46.3 Å². The van der Waals surface area contributed by atoms with Crippen LogP contribution in [0.1, 0.15) is 22.3 Å². The second-order valence-corrected chi connectivity index (χ2v) is 6.95. The number of aliphatic hydroxyl groups is 1. The summed E-state index contributed by atoms with van der Waals surface area (Å²) in [6, 6.07) is 9.93. The van der Waals surface area contributed by atoms with Gasteiger partial charge in [-0.05, 0) is 36.4 Å². The minimum Gasteiger partial charge on any atom is -0.378 e. The highest BCUT2D eigenvalue weighted by Gasteiger charge is 2.49. The Balaban J connectivity index is 0.00000126. The second kappa shape index (κ2) is 8.13. The van der Waals surface area contributed by atoms with Crippen molar-refractivity contribution in [2.75, 3.05) is 24.3 Å². The Bertz CT molecular complexity index is 882. The summed E-state index contributed by atoms with van der Waals surface area (Å²) in [4.78, 5) is 26.8. The van der Waals surface area contributed by atoms with Gasteiger partial charge in [0.05, 0.1) is 17.1 Å². The summed E-state index contributed by atoms with van der Waals surface area (Å²) in [6.07, 6.45) is -0.423. The topological polar surface area (TPSA) is 69.6 Å². The Morgan fingerprint density at radius 2 is 1.67 bits per heavy atom. The fourth-order valence-corrected chi connectivity index (χ4v) is 3.38. The molecule has 0 bridgehead atoms. The van der Waals surface area contributed by atoms with Crippen LogP contribution in [0.3, 0.4) is 0 Å². The van der Waals surface area contributed by atoms with E-state index in [0.717, 1.165) is 5.69 Å². The number of carbonyl (C=O) groups is 2. The summed E-state index contributed by atoms with van der Waals surface area (Å²) < 4.78 is 0. The van der Waals surface area contributed by atoms with Crippen LogP contribution >= 0.6 is 23.2 Å². The van der Waals surface area contributed by atoms with E-state index < -0.39 is 17.9 Å². The molecule has 3 rings (SSSR count). The van der Waals surface area contributed by atoms with Crippen molar-refractivity contribution in [2.45, 2.75) is 12.0 Å². The van der Waals surface area contributed by atoms with Crippen LogP contribution in [-0.2, 0) is 10.4 Å². The van der Waals surface area contributed by atoms with Crippen LogP contribution in [0.15, 0.2) is 49.6 Å². The molecule has 0 spiro atoms. The number of hydrogen-bond donors (Lipinski definition) is 2. The number of benzene rings is 2. The molecule has 0 aliphatic carbocycles. The number of fused-ring (bicyclic) bond motifs is 1. The van der Waals surface area contributed by atoms with E-state index in [9.17, 15) is 14.7 Å². The molecule has 27 heavy (non-hydrogen) atoms. The van der Waals surface area contributed by atoms with Crippen LogP contribution in [0, 0.1) is 0 Å². The first kappa shape index (κ1) is 21.0. The average Bonchev–Trinajstić information content (AvgIpc) is 2.92.